The summed E-state index contributed by atoms with van der Waals surface area (Å²) in [5.74, 6) is 0. The van der Waals surface area contributed by atoms with Crippen molar-refractivity contribution in [1.29, 1.82) is 0 Å². The van der Waals surface area contributed by atoms with Crippen molar-refractivity contribution < 1.29 is 8.42 Å². The topological polar surface area (TPSA) is 58.2 Å². The highest BCUT2D eigenvalue weighted by atomic mass is 32.2. The predicted octanol–water partition coefficient (Wildman–Crippen LogP) is 3.10. The minimum atomic E-state index is -3.47. The maximum atomic E-state index is 12.5. The van der Waals surface area contributed by atoms with E-state index in [-0.39, 0.29) is 0 Å². The molecule has 0 atom stereocenters. The van der Waals surface area contributed by atoms with Crippen LogP contribution in [-0.4, -0.2) is 15.0 Å². The van der Waals surface area contributed by atoms with Gasteiger partial charge in [-0.2, -0.15) is 11.3 Å². The SMILES string of the molecule is CCCNCc1scc(C)c1S(=O)(=O)NCc1ccsc1. The summed E-state index contributed by atoms with van der Waals surface area (Å²) < 4.78 is 27.8. The maximum Gasteiger partial charge on any atom is 0.242 e. The fourth-order valence-electron chi connectivity index (χ4n) is 1.99. The fourth-order valence-corrected chi connectivity index (χ4v) is 5.46. The van der Waals surface area contributed by atoms with Crippen molar-refractivity contribution in [2.45, 2.75) is 38.3 Å². The third kappa shape index (κ3) is 4.37. The van der Waals surface area contributed by atoms with Crippen LogP contribution in [0.3, 0.4) is 0 Å². The summed E-state index contributed by atoms with van der Waals surface area (Å²) in [5, 5.41) is 9.07. The fraction of sp³-hybridized carbons (Fsp3) is 0.429. The van der Waals surface area contributed by atoms with Gasteiger partial charge >= 0.3 is 0 Å². The number of hydrogen-bond acceptors (Lipinski definition) is 5. The summed E-state index contributed by atoms with van der Waals surface area (Å²) in [7, 11) is -3.47. The summed E-state index contributed by atoms with van der Waals surface area (Å²) in [4.78, 5) is 1.31. The molecule has 0 spiro atoms. The van der Waals surface area contributed by atoms with Gasteiger partial charge in [0.25, 0.3) is 0 Å². The van der Waals surface area contributed by atoms with Gasteiger partial charge in [0.05, 0.1) is 0 Å². The normalized spacial score (nSPS) is 11.9. The molecule has 2 aromatic heterocycles. The van der Waals surface area contributed by atoms with Gasteiger partial charge in [-0.1, -0.05) is 6.92 Å². The molecule has 0 aliphatic rings. The summed E-state index contributed by atoms with van der Waals surface area (Å²) in [6, 6.07) is 1.93. The van der Waals surface area contributed by atoms with Crippen molar-refractivity contribution in [1.82, 2.24) is 10.0 Å². The monoisotopic (exact) mass is 344 g/mol. The smallest absolute Gasteiger partial charge is 0.242 e. The Morgan fingerprint density at radius 1 is 1.24 bits per heavy atom. The Kier molecular flexibility index (Phi) is 5.95. The molecule has 0 radical (unpaired) electrons. The second-order valence-electron chi connectivity index (χ2n) is 4.80. The van der Waals surface area contributed by atoms with Gasteiger partial charge in [0.2, 0.25) is 10.0 Å². The van der Waals surface area contributed by atoms with E-state index in [4.69, 9.17) is 0 Å². The third-order valence-corrected chi connectivity index (χ3v) is 6.61. The van der Waals surface area contributed by atoms with Crippen molar-refractivity contribution in [2.75, 3.05) is 6.54 Å². The molecule has 2 heterocycles. The summed E-state index contributed by atoms with van der Waals surface area (Å²) in [6.45, 7) is 5.76. The zero-order chi connectivity index (χ0) is 15.3. The van der Waals surface area contributed by atoms with Crippen molar-refractivity contribution in [3.8, 4) is 0 Å². The second-order valence-corrected chi connectivity index (χ2v) is 8.25. The molecular formula is C14H20N2O2S3. The van der Waals surface area contributed by atoms with E-state index in [1.165, 1.54) is 11.3 Å². The number of nitrogens with one attached hydrogen (secondary N) is 2. The molecule has 7 heteroatoms. The molecule has 0 saturated heterocycles. The molecule has 0 saturated carbocycles. The predicted molar refractivity (Wildman–Crippen MR) is 89.4 cm³/mol. The van der Waals surface area contributed by atoms with Gasteiger partial charge in [-0.15, -0.1) is 11.3 Å². The van der Waals surface area contributed by atoms with E-state index < -0.39 is 10.0 Å². The number of hydrogen-bond donors (Lipinski definition) is 2. The lowest BCUT2D eigenvalue weighted by molar-refractivity contribution is 0.578. The van der Waals surface area contributed by atoms with E-state index in [1.54, 1.807) is 11.3 Å². The molecule has 2 N–H and O–H groups in total. The maximum absolute atomic E-state index is 12.5. The lowest BCUT2D eigenvalue weighted by Crippen LogP contribution is -2.25. The first-order valence-corrected chi connectivity index (χ1v) is 10.1. The molecular weight excluding hydrogens is 324 g/mol. The molecule has 0 bridgehead atoms. The van der Waals surface area contributed by atoms with Crippen LogP contribution in [0.5, 0.6) is 0 Å². The third-order valence-electron chi connectivity index (χ3n) is 3.02. The van der Waals surface area contributed by atoms with Crippen molar-refractivity contribution >= 4 is 32.7 Å². The average Bonchev–Trinajstić information content (AvgIpc) is 3.07. The van der Waals surface area contributed by atoms with Crippen LogP contribution >= 0.6 is 22.7 Å². The van der Waals surface area contributed by atoms with Crippen LogP contribution in [0.15, 0.2) is 27.1 Å². The van der Waals surface area contributed by atoms with E-state index in [0.717, 1.165) is 29.0 Å². The Labute approximate surface area is 134 Å². The van der Waals surface area contributed by atoms with E-state index in [0.29, 0.717) is 18.0 Å². The van der Waals surface area contributed by atoms with E-state index in [2.05, 4.69) is 17.0 Å². The van der Waals surface area contributed by atoms with Crippen molar-refractivity contribution in [3.05, 3.63) is 38.2 Å². The van der Waals surface area contributed by atoms with Crippen LogP contribution in [0.25, 0.3) is 0 Å². The van der Waals surface area contributed by atoms with Gasteiger partial charge in [-0.05, 0) is 53.2 Å². The molecule has 0 aromatic carbocycles. The Balaban J connectivity index is 2.13. The van der Waals surface area contributed by atoms with Gasteiger partial charge in [-0.3, -0.25) is 0 Å². The molecule has 0 aliphatic carbocycles. The first-order valence-electron chi connectivity index (χ1n) is 6.83. The molecule has 0 unspecified atom stereocenters. The lowest BCUT2D eigenvalue weighted by atomic mass is 10.3. The molecule has 0 fully saturated rings. The molecule has 0 amide bonds. The Hall–Kier alpha value is -0.730. The van der Waals surface area contributed by atoms with Crippen molar-refractivity contribution in [3.63, 3.8) is 0 Å². The molecule has 4 nitrogen and oxygen atoms in total. The number of sulfonamides is 1. The highest BCUT2D eigenvalue weighted by Gasteiger charge is 2.22. The first kappa shape index (κ1) is 16.6. The average molecular weight is 345 g/mol. The number of aryl methyl sites for hydroxylation is 1. The highest BCUT2D eigenvalue weighted by Crippen LogP contribution is 2.27. The minimum Gasteiger partial charge on any atom is -0.312 e. The molecule has 2 rings (SSSR count). The summed E-state index contributed by atoms with van der Waals surface area (Å²) in [5.41, 5.74) is 1.80. The van der Waals surface area contributed by atoms with Crippen LogP contribution in [-0.2, 0) is 23.1 Å². The van der Waals surface area contributed by atoms with Gasteiger partial charge in [0.15, 0.2) is 0 Å². The van der Waals surface area contributed by atoms with Crippen LogP contribution in [0, 0.1) is 6.92 Å². The van der Waals surface area contributed by atoms with E-state index in [9.17, 15) is 8.42 Å². The van der Waals surface area contributed by atoms with Gasteiger partial charge in [0, 0.05) is 18.0 Å². The molecule has 2 aromatic rings. The Bertz CT molecular complexity index is 660. The van der Waals surface area contributed by atoms with Crippen LogP contribution in [0.1, 0.15) is 29.3 Å². The minimum absolute atomic E-state index is 0.336. The molecule has 0 aliphatic heterocycles. The lowest BCUT2D eigenvalue weighted by Gasteiger charge is -2.09. The zero-order valence-electron chi connectivity index (χ0n) is 12.2. The second kappa shape index (κ2) is 7.51. The Morgan fingerprint density at radius 2 is 2.05 bits per heavy atom. The molecule has 116 valence electrons. The van der Waals surface area contributed by atoms with Gasteiger partial charge in [0.1, 0.15) is 4.90 Å². The largest absolute Gasteiger partial charge is 0.312 e. The van der Waals surface area contributed by atoms with Crippen LogP contribution < -0.4 is 10.0 Å². The highest BCUT2D eigenvalue weighted by molar-refractivity contribution is 7.89. The zero-order valence-corrected chi connectivity index (χ0v) is 14.6. The van der Waals surface area contributed by atoms with E-state index in [1.807, 2.05) is 29.1 Å². The standard InChI is InChI=1S/C14H20N2O2S3/c1-3-5-15-8-13-14(11(2)9-20-13)21(17,18)16-7-12-4-6-19-10-12/h4,6,9-10,15-16H,3,5,7-8H2,1-2H3. The number of thiophene rings is 2. The molecule has 21 heavy (non-hydrogen) atoms. The van der Waals surface area contributed by atoms with Crippen molar-refractivity contribution in [2.24, 2.45) is 0 Å². The first-order chi connectivity index (χ1) is 10.0. The van der Waals surface area contributed by atoms with Crippen LogP contribution in [0.2, 0.25) is 0 Å². The quantitative estimate of drug-likeness (QED) is 0.724. The Morgan fingerprint density at radius 3 is 2.71 bits per heavy atom. The summed E-state index contributed by atoms with van der Waals surface area (Å²) in [6.07, 6.45) is 1.03. The van der Waals surface area contributed by atoms with Gasteiger partial charge in [-0.25, -0.2) is 13.1 Å². The summed E-state index contributed by atoms with van der Waals surface area (Å²) >= 11 is 3.06. The van der Waals surface area contributed by atoms with Crippen LogP contribution in [0.4, 0.5) is 0 Å². The van der Waals surface area contributed by atoms with Gasteiger partial charge < -0.3 is 5.32 Å². The number of rotatable bonds is 8. The van der Waals surface area contributed by atoms with E-state index >= 15 is 0 Å².